The number of phosphoric ester groups is 1. The fourth-order valence-electron chi connectivity index (χ4n) is 6.64. The third kappa shape index (κ3) is 26.6. The second-order valence-corrected chi connectivity index (χ2v) is 16.9. The monoisotopic (exact) mass is 847 g/mol. The van der Waals surface area contributed by atoms with Crippen LogP contribution in [0, 0.1) is 11.8 Å². The van der Waals surface area contributed by atoms with Crippen LogP contribution in [-0.2, 0) is 42.3 Å². The van der Waals surface area contributed by atoms with Crippen molar-refractivity contribution < 1.29 is 67.6 Å². The molecule has 1 fully saturated rings. The average molecular weight is 848 g/mol. The lowest BCUT2D eigenvalue weighted by molar-refractivity contribution is -0.161. The number of esters is 2. The normalized spacial score (nSPS) is 20.9. The van der Waals surface area contributed by atoms with Crippen molar-refractivity contribution in [2.45, 2.75) is 186 Å². The molecule has 1 rings (SSSR count). The molecule has 16 heteroatoms. The molecule has 0 aromatic carbocycles. The maximum absolute atomic E-state index is 12.8. The summed E-state index contributed by atoms with van der Waals surface area (Å²) in [5.41, 5.74) is 5.31. The number of ketones is 1. The molecule has 1 aliphatic rings. The van der Waals surface area contributed by atoms with Crippen molar-refractivity contribution in [3.05, 3.63) is 24.3 Å². The van der Waals surface area contributed by atoms with E-state index in [2.05, 4.69) is 30.5 Å². The maximum atomic E-state index is 12.8. The van der Waals surface area contributed by atoms with Crippen LogP contribution < -0.4 is 5.73 Å². The molecule has 0 spiro atoms. The first-order valence-corrected chi connectivity index (χ1v) is 23.0. The molecule has 8 atom stereocenters. The highest BCUT2D eigenvalue weighted by Crippen LogP contribution is 2.43. The van der Waals surface area contributed by atoms with Gasteiger partial charge in [0.2, 0.25) is 0 Å². The van der Waals surface area contributed by atoms with Gasteiger partial charge in [-0.3, -0.25) is 28.2 Å². The Morgan fingerprint density at radius 3 is 2.00 bits per heavy atom. The Morgan fingerprint density at radius 2 is 1.33 bits per heavy atom. The Kier molecular flexibility index (Phi) is 29.8. The second kappa shape index (κ2) is 32.3. The van der Waals surface area contributed by atoms with Gasteiger partial charge < -0.3 is 40.5 Å². The minimum atomic E-state index is -4.81. The topological polar surface area (TPSA) is 249 Å². The molecule has 1 unspecified atom stereocenters. The van der Waals surface area contributed by atoms with Crippen LogP contribution in [-0.4, -0.2) is 99.3 Å². The summed E-state index contributed by atoms with van der Waals surface area (Å²) in [6.45, 7) is 2.28. The predicted octanol–water partition coefficient (Wildman–Crippen LogP) is 6.62. The summed E-state index contributed by atoms with van der Waals surface area (Å²) in [7, 11) is -4.81. The summed E-state index contributed by atoms with van der Waals surface area (Å²) in [6, 6.07) is -1.58. The van der Waals surface area contributed by atoms with Crippen molar-refractivity contribution in [2.75, 3.05) is 19.8 Å². The van der Waals surface area contributed by atoms with E-state index in [4.69, 9.17) is 24.8 Å². The molecule has 0 bridgehead atoms. The van der Waals surface area contributed by atoms with E-state index in [9.17, 15) is 44.0 Å². The van der Waals surface area contributed by atoms with Crippen molar-refractivity contribution in [3.63, 3.8) is 0 Å². The number of aliphatic hydroxyl groups is 3. The van der Waals surface area contributed by atoms with Crippen LogP contribution in [0.15, 0.2) is 24.3 Å². The summed E-state index contributed by atoms with van der Waals surface area (Å²) < 4.78 is 32.5. The predicted molar refractivity (Wildman–Crippen MR) is 219 cm³/mol. The lowest BCUT2D eigenvalue weighted by atomic mass is 9.87. The Balaban J connectivity index is 2.54. The van der Waals surface area contributed by atoms with Gasteiger partial charge in [0.05, 0.1) is 31.5 Å². The third-order valence-electron chi connectivity index (χ3n) is 10.2. The molecule has 0 amide bonds. The van der Waals surface area contributed by atoms with Crippen LogP contribution in [0.25, 0.3) is 0 Å². The summed E-state index contributed by atoms with van der Waals surface area (Å²) in [4.78, 5) is 58.9. The zero-order chi connectivity index (χ0) is 43.2. The minimum Gasteiger partial charge on any atom is -0.480 e. The average Bonchev–Trinajstić information content (AvgIpc) is 3.44. The lowest BCUT2D eigenvalue weighted by Crippen LogP contribution is -2.34. The van der Waals surface area contributed by atoms with E-state index in [0.717, 1.165) is 57.8 Å². The van der Waals surface area contributed by atoms with Gasteiger partial charge >= 0.3 is 25.7 Å². The van der Waals surface area contributed by atoms with Crippen LogP contribution in [0.5, 0.6) is 0 Å². The van der Waals surface area contributed by atoms with Gasteiger partial charge in [0.15, 0.2) is 6.10 Å². The molecule has 0 aromatic heterocycles. The molecule has 1 aliphatic carbocycles. The SMILES string of the molecule is CCCCCC/C=C\CCCCCCCC(=O)O[C@H](COC(=O)CCCCC(=O)C[C@@H]1[C@@H](/C=C/[C@@H](O)CCCCC)[C@H](O)C[C@@H]1O)COP(=O)(O)OC[C@H](N)C(=O)O. The molecule has 58 heavy (non-hydrogen) atoms. The number of carboxylic acids is 1. The quantitative estimate of drug-likeness (QED) is 0.0168. The zero-order valence-corrected chi connectivity index (χ0v) is 35.9. The van der Waals surface area contributed by atoms with E-state index in [0.29, 0.717) is 25.7 Å². The van der Waals surface area contributed by atoms with Crippen LogP contribution >= 0.6 is 7.82 Å². The summed E-state index contributed by atoms with van der Waals surface area (Å²) in [5, 5.41) is 40.1. The first-order valence-electron chi connectivity index (χ1n) is 21.5. The standard InChI is InChI=1S/C42H74NO14P/c1-3-5-7-8-9-10-11-12-13-14-15-16-18-24-41(49)57-34(30-55-58(52,53)56-31-37(43)42(50)51)29-54-40(48)23-20-19-22-33(45)27-36-35(38(46)28-39(36)47)26-25-32(44)21-17-6-4-2/h10-11,25-26,32,34-39,44,46-47H,3-9,12-24,27-31,43H2,1-2H3,(H,50,51)(H,52,53)/b11-10-,26-25+/t32-,34+,35+,36+,37-,38+,39-/m0/s1. The van der Waals surface area contributed by atoms with Crippen molar-refractivity contribution in [1.82, 2.24) is 0 Å². The molecule has 0 radical (unpaired) electrons. The summed E-state index contributed by atoms with van der Waals surface area (Å²) >= 11 is 0. The highest BCUT2D eigenvalue weighted by molar-refractivity contribution is 7.47. The molecular formula is C42H74NO14P. The van der Waals surface area contributed by atoms with Crippen LogP contribution in [0.4, 0.5) is 0 Å². The van der Waals surface area contributed by atoms with Gasteiger partial charge in [0.25, 0.3) is 0 Å². The first-order chi connectivity index (χ1) is 27.7. The summed E-state index contributed by atoms with van der Waals surface area (Å²) in [6.07, 6.45) is 20.3. The summed E-state index contributed by atoms with van der Waals surface area (Å²) in [5.74, 6) is -3.79. The lowest BCUT2D eigenvalue weighted by Gasteiger charge is -2.20. The number of hydrogen-bond donors (Lipinski definition) is 6. The van der Waals surface area contributed by atoms with Crippen molar-refractivity contribution in [3.8, 4) is 0 Å². The van der Waals surface area contributed by atoms with Crippen molar-refractivity contribution >= 4 is 31.5 Å². The van der Waals surface area contributed by atoms with E-state index >= 15 is 0 Å². The number of allylic oxidation sites excluding steroid dienone is 2. The van der Waals surface area contributed by atoms with Crippen LogP contribution in [0.1, 0.15) is 155 Å². The first kappa shape index (κ1) is 53.5. The van der Waals surface area contributed by atoms with E-state index in [1.54, 1.807) is 12.2 Å². The van der Waals surface area contributed by atoms with Crippen molar-refractivity contribution in [2.24, 2.45) is 17.6 Å². The smallest absolute Gasteiger partial charge is 0.472 e. The van der Waals surface area contributed by atoms with Gasteiger partial charge in [-0.25, -0.2) is 4.57 Å². The minimum absolute atomic E-state index is 0.0498. The Morgan fingerprint density at radius 1 is 0.759 bits per heavy atom. The van der Waals surface area contributed by atoms with Gasteiger partial charge in [-0.05, 0) is 51.4 Å². The molecule has 0 aromatic rings. The number of rotatable bonds is 36. The molecule has 15 nitrogen and oxygen atoms in total. The largest absolute Gasteiger partial charge is 0.480 e. The number of carbonyl (C=O) groups is 4. The molecule has 0 heterocycles. The van der Waals surface area contributed by atoms with Crippen molar-refractivity contribution in [1.29, 1.82) is 0 Å². The molecule has 7 N–H and O–H groups in total. The van der Waals surface area contributed by atoms with E-state index in [1.807, 2.05) is 0 Å². The molecule has 1 saturated carbocycles. The molecule has 336 valence electrons. The number of ether oxygens (including phenoxy) is 2. The number of unbranched alkanes of at least 4 members (excludes halogenated alkanes) is 12. The third-order valence-corrected chi connectivity index (χ3v) is 11.1. The number of hydrogen-bond acceptors (Lipinski definition) is 13. The Labute approximate surface area is 345 Å². The van der Waals surface area contributed by atoms with Crippen LogP contribution in [0.3, 0.4) is 0 Å². The number of Topliss-reactive ketones (excluding diaryl/α,β-unsaturated/α-hetero) is 1. The molecule has 0 saturated heterocycles. The van der Waals surface area contributed by atoms with E-state index in [-0.39, 0.29) is 37.9 Å². The van der Waals surface area contributed by atoms with E-state index < -0.39 is 87.8 Å². The van der Waals surface area contributed by atoms with Gasteiger partial charge in [-0.2, -0.15) is 0 Å². The fraction of sp³-hybridized carbons (Fsp3) is 0.810. The number of carboxylic acid groups (broad SMARTS) is 1. The molecular weight excluding hydrogens is 773 g/mol. The Hall–Kier alpha value is -2.49. The number of nitrogens with two attached hydrogens (primary N) is 1. The number of aliphatic hydroxyl groups excluding tert-OH is 3. The number of carbonyl (C=O) groups excluding carboxylic acids is 3. The van der Waals surface area contributed by atoms with Crippen LogP contribution in [0.2, 0.25) is 0 Å². The van der Waals surface area contributed by atoms with E-state index in [1.165, 1.54) is 25.7 Å². The number of aliphatic carboxylic acids is 1. The highest BCUT2D eigenvalue weighted by atomic mass is 31.2. The van der Waals surface area contributed by atoms with Gasteiger partial charge in [0, 0.05) is 43.9 Å². The fourth-order valence-corrected chi connectivity index (χ4v) is 7.42. The van der Waals surface area contributed by atoms with Gasteiger partial charge in [-0.1, -0.05) is 95.9 Å². The zero-order valence-electron chi connectivity index (χ0n) is 35.0. The maximum Gasteiger partial charge on any atom is 0.472 e. The number of phosphoric acid groups is 1. The van der Waals surface area contributed by atoms with Gasteiger partial charge in [0.1, 0.15) is 18.4 Å². The molecule has 0 aliphatic heterocycles. The Bertz CT molecular complexity index is 1260. The highest BCUT2D eigenvalue weighted by Gasteiger charge is 2.41. The second-order valence-electron chi connectivity index (χ2n) is 15.4. The van der Waals surface area contributed by atoms with Gasteiger partial charge in [-0.15, -0.1) is 0 Å².